The van der Waals surface area contributed by atoms with E-state index in [0.717, 1.165) is 10.3 Å². The summed E-state index contributed by atoms with van der Waals surface area (Å²) in [4.78, 5) is 4.37. The number of hydrogen-bond acceptors (Lipinski definition) is 3. The van der Waals surface area contributed by atoms with Crippen molar-refractivity contribution < 1.29 is 13.5 Å². The lowest BCUT2D eigenvalue weighted by atomic mass is 10.2. The molecule has 3 rings (SSSR count). The van der Waals surface area contributed by atoms with Crippen molar-refractivity contribution in [1.82, 2.24) is 9.55 Å². The molecule has 0 bridgehead atoms. The zero-order valence-corrected chi connectivity index (χ0v) is 12.8. The van der Waals surface area contributed by atoms with Gasteiger partial charge >= 0.3 is 6.55 Å². The predicted molar refractivity (Wildman–Crippen MR) is 86.0 cm³/mol. The van der Waals surface area contributed by atoms with Crippen LogP contribution in [0.25, 0.3) is 11.0 Å². The van der Waals surface area contributed by atoms with Gasteiger partial charge in [0.05, 0.1) is 29.9 Å². The molecular weight excluding hydrogens is 300 g/mol. The molecule has 1 atom stereocenters. The number of imidazole rings is 1. The Bertz CT molecular complexity index is 816. The Balaban J connectivity index is 2.00. The molecule has 23 heavy (non-hydrogen) atoms. The predicted octanol–water partition coefficient (Wildman–Crippen LogP) is 4.61. The molecule has 1 N–H and O–H groups in total. The average Bonchev–Trinajstić information content (AvgIpc) is 2.95. The van der Waals surface area contributed by atoms with Crippen LogP contribution < -0.4 is 10.1 Å². The van der Waals surface area contributed by atoms with E-state index in [2.05, 4.69) is 10.3 Å². The van der Waals surface area contributed by atoms with Crippen LogP contribution in [-0.4, -0.2) is 16.7 Å². The quantitative estimate of drug-likeness (QED) is 0.746. The number of aromatic nitrogens is 2. The number of ether oxygens (including phenoxy) is 1. The standard InChI is InChI=1S/C17H17F2N3O/c1-11(20-13-8-4-6-10-15(13)23-2)16-21-12-7-3-5-9-14(12)22(16)17(18)19/h3-11,17,20H,1-2H3/t11-/m1/s1. The number of hydrogen-bond donors (Lipinski definition) is 1. The van der Waals surface area contributed by atoms with Crippen molar-refractivity contribution in [3.05, 3.63) is 54.4 Å². The lowest BCUT2D eigenvalue weighted by molar-refractivity contribution is 0.0708. The first-order valence-electron chi connectivity index (χ1n) is 7.26. The molecule has 0 aliphatic heterocycles. The number of para-hydroxylation sites is 4. The molecule has 0 saturated carbocycles. The Morgan fingerprint density at radius 3 is 2.52 bits per heavy atom. The molecular formula is C17H17F2N3O. The minimum absolute atomic E-state index is 0.284. The van der Waals surface area contributed by atoms with Crippen molar-refractivity contribution in [2.75, 3.05) is 12.4 Å². The molecule has 0 radical (unpaired) electrons. The van der Waals surface area contributed by atoms with Gasteiger partial charge in [-0.2, -0.15) is 8.78 Å². The van der Waals surface area contributed by atoms with Crippen molar-refractivity contribution >= 4 is 16.7 Å². The molecule has 0 saturated heterocycles. The number of alkyl halides is 2. The van der Waals surface area contributed by atoms with E-state index in [9.17, 15) is 8.78 Å². The van der Waals surface area contributed by atoms with Gasteiger partial charge in [-0.05, 0) is 31.2 Å². The molecule has 6 heteroatoms. The summed E-state index contributed by atoms with van der Waals surface area (Å²) in [6.45, 7) is -0.855. The van der Waals surface area contributed by atoms with Gasteiger partial charge in [-0.15, -0.1) is 0 Å². The summed E-state index contributed by atoms with van der Waals surface area (Å²) in [6.07, 6.45) is 0. The van der Waals surface area contributed by atoms with Crippen LogP contribution in [0.1, 0.15) is 25.3 Å². The van der Waals surface area contributed by atoms with E-state index in [1.165, 1.54) is 0 Å². The van der Waals surface area contributed by atoms with Gasteiger partial charge in [0.15, 0.2) is 0 Å². The summed E-state index contributed by atoms with van der Waals surface area (Å²) in [7, 11) is 1.57. The molecule has 0 spiro atoms. The Morgan fingerprint density at radius 2 is 1.78 bits per heavy atom. The molecule has 0 aliphatic rings. The lowest BCUT2D eigenvalue weighted by Gasteiger charge is -2.18. The fourth-order valence-corrected chi connectivity index (χ4v) is 2.64. The summed E-state index contributed by atoms with van der Waals surface area (Å²) in [6, 6.07) is 13.8. The maximum Gasteiger partial charge on any atom is 0.320 e. The highest BCUT2D eigenvalue weighted by atomic mass is 19.3. The van der Waals surface area contributed by atoms with Gasteiger partial charge in [0.2, 0.25) is 0 Å². The van der Waals surface area contributed by atoms with E-state index < -0.39 is 12.6 Å². The minimum atomic E-state index is -2.65. The van der Waals surface area contributed by atoms with Gasteiger partial charge in [-0.1, -0.05) is 24.3 Å². The number of methoxy groups -OCH3 is 1. The molecule has 0 amide bonds. The smallest absolute Gasteiger partial charge is 0.320 e. The number of anilines is 1. The van der Waals surface area contributed by atoms with Crippen LogP contribution >= 0.6 is 0 Å². The Kier molecular flexibility index (Phi) is 4.14. The third-order valence-corrected chi connectivity index (χ3v) is 3.68. The summed E-state index contributed by atoms with van der Waals surface area (Å²) in [5.74, 6) is 0.936. The van der Waals surface area contributed by atoms with Gasteiger partial charge < -0.3 is 10.1 Å². The first-order chi connectivity index (χ1) is 11.1. The van der Waals surface area contributed by atoms with Crippen LogP contribution in [0.15, 0.2) is 48.5 Å². The van der Waals surface area contributed by atoms with Crippen LogP contribution in [0.3, 0.4) is 0 Å². The van der Waals surface area contributed by atoms with Crippen molar-refractivity contribution in [2.45, 2.75) is 19.5 Å². The maximum atomic E-state index is 13.5. The number of nitrogens with zero attached hydrogens (tertiary/aromatic N) is 2. The van der Waals surface area contributed by atoms with Gasteiger partial charge in [-0.25, -0.2) is 4.98 Å². The highest BCUT2D eigenvalue weighted by molar-refractivity contribution is 5.76. The van der Waals surface area contributed by atoms with E-state index in [1.807, 2.05) is 24.3 Å². The third kappa shape index (κ3) is 2.84. The number of fused-ring (bicyclic) bond motifs is 1. The van der Waals surface area contributed by atoms with Crippen molar-refractivity contribution in [2.24, 2.45) is 0 Å². The molecule has 3 aromatic rings. The summed E-state index contributed by atoms with van der Waals surface area (Å²) in [5.41, 5.74) is 1.71. The fraction of sp³-hybridized carbons (Fsp3) is 0.235. The Hall–Kier alpha value is -2.63. The first-order valence-corrected chi connectivity index (χ1v) is 7.26. The Morgan fingerprint density at radius 1 is 1.09 bits per heavy atom. The topological polar surface area (TPSA) is 39.1 Å². The number of halogens is 2. The second kappa shape index (κ2) is 6.24. The molecule has 0 fully saturated rings. The van der Waals surface area contributed by atoms with Crippen LogP contribution in [0.5, 0.6) is 5.75 Å². The monoisotopic (exact) mass is 317 g/mol. The minimum Gasteiger partial charge on any atom is -0.495 e. The summed E-state index contributed by atoms with van der Waals surface area (Å²) < 4.78 is 33.3. The highest BCUT2D eigenvalue weighted by Crippen LogP contribution is 2.31. The second-order valence-electron chi connectivity index (χ2n) is 5.17. The largest absolute Gasteiger partial charge is 0.495 e. The van der Waals surface area contributed by atoms with Crippen molar-refractivity contribution in [1.29, 1.82) is 0 Å². The average molecular weight is 317 g/mol. The first kappa shape index (κ1) is 15.3. The fourth-order valence-electron chi connectivity index (χ4n) is 2.64. The molecule has 120 valence electrons. The van der Waals surface area contributed by atoms with Crippen LogP contribution in [0.4, 0.5) is 14.5 Å². The number of benzene rings is 2. The van der Waals surface area contributed by atoms with Gasteiger partial charge in [0.1, 0.15) is 11.6 Å². The van der Waals surface area contributed by atoms with E-state index in [-0.39, 0.29) is 5.82 Å². The normalized spacial score (nSPS) is 12.6. The lowest BCUT2D eigenvalue weighted by Crippen LogP contribution is -2.14. The molecule has 1 aromatic heterocycles. The zero-order valence-electron chi connectivity index (χ0n) is 12.8. The molecule has 0 unspecified atom stereocenters. The van der Waals surface area contributed by atoms with Crippen molar-refractivity contribution in [3.8, 4) is 5.75 Å². The van der Waals surface area contributed by atoms with Crippen molar-refractivity contribution in [3.63, 3.8) is 0 Å². The van der Waals surface area contributed by atoms with Crippen LogP contribution in [-0.2, 0) is 0 Å². The van der Waals surface area contributed by atoms with Gasteiger partial charge in [-0.3, -0.25) is 4.57 Å². The molecule has 0 aliphatic carbocycles. The van der Waals surface area contributed by atoms with Crippen LogP contribution in [0, 0.1) is 0 Å². The SMILES string of the molecule is COc1ccccc1N[C@H](C)c1nc2ccccc2n1C(F)F. The third-order valence-electron chi connectivity index (χ3n) is 3.68. The zero-order chi connectivity index (χ0) is 16.4. The van der Waals surface area contributed by atoms with E-state index >= 15 is 0 Å². The summed E-state index contributed by atoms with van der Waals surface area (Å²) >= 11 is 0. The highest BCUT2D eigenvalue weighted by Gasteiger charge is 2.22. The Labute approximate surface area is 132 Å². The van der Waals surface area contributed by atoms with E-state index in [1.54, 1.807) is 38.3 Å². The molecule has 1 heterocycles. The van der Waals surface area contributed by atoms with E-state index in [4.69, 9.17) is 4.74 Å². The maximum absolute atomic E-state index is 13.5. The van der Waals surface area contributed by atoms with Gasteiger partial charge in [0.25, 0.3) is 0 Å². The summed E-state index contributed by atoms with van der Waals surface area (Å²) in [5, 5.41) is 3.19. The molecule has 2 aromatic carbocycles. The number of rotatable bonds is 5. The molecule has 4 nitrogen and oxygen atoms in total. The van der Waals surface area contributed by atoms with E-state index in [0.29, 0.717) is 16.8 Å². The van der Waals surface area contributed by atoms with Crippen LogP contribution in [0.2, 0.25) is 0 Å². The van der Waals surface area contributed by atoms with Gasteiger partial charge in [0, 0.05) is 0 Å². The second-order valence-corrected chi connectivity index (χ2v) is 5.17. The number of nitrogens with one attached hydrogen (secondary N) is 1.